The van der Waals surface area contributed by atoms with E-state index >= 15 is 0 Å². The first-order valence-corrected chi connectivity index (χ1v) is 9.39. The lowest BCUT2D eigenvalue weighted by Gasteiger charge is -2.38. The number of rotatable bonds is 5. The van der Waals surface area contributed by atoms with Crippen molar-refractivity contribution in [3.8, 4) is 17.2 Å². The maximum atomic E-state index is 13.3. The van der Waals surface area contributed by atoms with Crippen molar-refractivity contribution >= 4 is 11.6 Å². The Morgan fingerprint density at radius 3 is 2.52 bits per heavy atom. The molecule has 1 amide bonds. The third kappa shape index (κ3) is 3.57. The highest BCUT2D eigenvalue weighted by atomic mass is 16.5. The van der Waals surface area contributed by atoms with Crippen LogP contribution in [0.4, 0.5) is 5.69 Å². The summed E-state index contributed by atoms with van der Waals surface area (Å²) in [7, 11) is 1.42. The van der Waals surface area contributed by atoms with Crippen molar-refractivity contribution in [2.45, 2.75) is 12.6 Å². The number of hydrogen-bond acceptors (Lipinski definition) is 5. The van der Waals surface area contributed by atoms with E-state index in [-0.39, 0.29) is 23.2 Å². The molecular weight excluding hydrogens is 368 g/mol. The molecule has 1 aliphatic rings. The Balaban J connectivity index is 1.73. The quantitative estimate of drug-likeness (QED) is 0.576. The molecule has 0 saturated heterocycles. The van der Waals surface area contributed by atoms with Crippen LogP contribution in [-0.2, 0) is 6.42 Å². The highest BCUT2D eigenvalue weighted by Crippen LogP contribution is 2.41. The Morgan fingerprint density at radius 1 is 1.03 bits per heavy atom. The van der Waals surface area contributed by atoms with Crippen molar-refractivity contribution in [1.82, 2.24) is 4.90 Å². The van der Waals surface area contributed by atoms with Crippen LogP contribution in [0.2, 0.25) is 0 Å². The number of phenols is 2. The zero-order valence-electron chi connectivity index (χ0n) is 16.0. The molecule has 0 aromatic heterocycles. The summed E-state index contributed by atoms with van der Waals surface area (Å²) in [6, 6.07) is 20.4. The van der Waals surface area contributed by atoms with Crippen molar-refractivity contribution in [2.75, 3.05) is 19.0 Å². The predicted octanol–water partition coefficient (Wildman–Crippen LogP) is 3.92. The van der Waals surface area contributed by atoms with Crippen LogP contribution < -0.4 is 10.1 Å². The standard InChI is InChI=1S/C23H22N2O4/c1-29-20-14-16(13-19(26)21(20)27)22-24-18-10-6-5-9-17(18)23(28)25(22)12-11-15-7-3-2-4-8-15/h2-10,13-14,22,24,26-27H,11-12H2,1H3/t22-/m1/s1. The third-order valence-corrected chi connectivity index (χ3v) is 5.12. The minimum atomic E-state index is -0.512. The molecule has 6 nitrogen and oxygen atoms in total. The molecule has 0 aliphatic carbocycles. The Labute approximate surface area is 169 Å². The minimum Gasteiger partial charge on any atom is -0.504 e. The van der Waals surface area contributed by atoms with Crippen LogP contribution in [0.1, 0.15) is 27.7 Å². The van der Waals surface area contributed by atoms with Gasteiger partial charge in [0, 0.05) is 17.8 Å². The SMILES string of the molecule is COc1cc([C@@H]2Nc3ccccc3C(=O)N2CCc2ccccc2)cc(O)c1O. The number of phenolic OH excluding ortho intramolecular Hbond substituents is 2. The topological polar surface area (TPSA) is 82.0 Å². The van der Waals surface area contributed by atoms with Crippen molar-refractivity contribution in [2.24, 2.45) is 0 Å². The molecule has 0 spiro atoms. The molecule has 29 heavy (non-hydrogen) atoms. The van der Waals surface area contributed by atoms with Gasteiger partial charge in [0.05, 0.1) is 12.7 Å². The van der Waals surface area contributed by atoms with Gasteiger partial charge < -0.3 is 25.2 Å². The Morgan fingerprint density at radius 2 is 1.76 bits per heavy atom. The zero-order chi connectivity index (χ0) is 20.4. The summed E-state index contributed by atoms with van der Waals surface area (Å²) in [6.45, 7) is 0.485. The highest BCUT2D eigenvalue weighted by Gasteiger charge is 2.33. The first-order valence-electron chi connectivity index (χ1n) is 9.39. The summed E-state index contributed by atoms with van der Waals surface area (Å²) in [4.78, 5) is 15.0. The van der Waals surface area contributed by atoms with Gasteiger partial charge in [0.1, 0.15) is 6.17 Å². The van der Waals surface area contributed by atoms with Crippen LogP contribution in [0.5, 0.6) is 17.2 Å². The normalized spacial score (nSPS) is 15.6. The van der Waals surface area contributed by atoms with E-state index in [1.165, 1.54) is 13.2 Å². The first-order chi connectivity index (χ1) is 14.1. The van der Waals surface area contributed by atoms with E-state index in [9.17, 15) is 15.0 Å². The number of nitrogens with one attached hydrogen (secondary N) is 1. The maximum Gasteiger partial charge on any atom is 0.257 e. The summed E-state index contributed by atoms with van der Waals surface area (Å²) in [5, 5.41) is 23.5. The molecule has 3 aromatic carbocycles. The van der Waals surface area contributed by atoms with E-state index in [4.69, 9.17) is 4.74 Å². The summed E-state index contributed by atoms with van der Waals surface area (Å²) >= 11 is 0. The van der Waals surface area contributed by atoms with Crippen LogP contribution >= 0.6 is 0 Å². The van der Waals surface area contributed by atoms with E-state index in [1.807, 2.05) is 48.5 Å². The number of benzene rings is 3. The van der Waals surface area contributed by atoms with Crippen LogP contribution in [0, 0.1) is 0 Å². The lowest BCUT2D eigenvalue weighted by molar-refractivity contribution is 0.0685. The van der Waals surface area contributed by atoms with Crippen LogP contribution in [0.25, 0.3) is 0 Å². The van der Waals surface area contributed by atoms with Crippen LogP contribution in [0.15, 0.2) is 66.7 Å². The molecule has 0 saturated carbocycles. The van der Waals surface area contributed by atoms with E-state index in [2.05, 4.69) is 5.32 Å². The number of carbonyl (C=O) groups excluding carboxylic acids is 1. The fraction of sp³-hybridized carbons (Fsp3) is 0.174. The minimum absolute atomic E-state index is 0.0909. The lowest BCUT2D eigenvalue weighted by Crippen LogP contribution is -2.44. The fourth-order valence-electron chi connectivity index (χ4n) is 3.61. The Hall–Kier alpha value is -3.67. The Bertz CT molecular complexity index is 1040. The lowest BCUT2D eigenvalue weighted by atomic mass is 10.0. The van der Waals surface area contributed by atoms with Crippen molar-refractivity contribution in [1.29, 1.82) is 0 Å². The molecule has 148 valence electrons. The average molecular weight is 390 g/mol. The van der Waals surface area contributed by atoms with Gasteiger partial charge in [0.25, 0.3) is 5.91 Å². The number of hydrogen-bond donors (Lipinski definition) is 3. The van der Waals surface area contributed by atoms with E-state index in [0.717, 1.165) is 11.3 Å². The summed E-state index contributed by atoms with van der Waals surface area (Å²) in [6.07, 6.45) is 0.176. The van der Waals surface area contributed by atoms with Gasteiger partial charge >= 0.3 is 0 Å². The molecule has 1 heterocycles. The second kappa shape index (κ2) is 7.75. The number of carbonyl (C=O) groups is 1. The number of amides is 1. The molecule has 0 fully saturated rings. The molecule has 3 aromatic rings. The maximum absolute atomic E-state index is 13.3. The van der Waals surface area contributed by atoms with Gasteiger partial charge in [0.2, 0.25) is 5.75 Å². The van der Waals surface area contributed by atoms with Crippen molar-refractivity contribution in [3.63, 3.8) is 0 Å². The molecule has 1 atom stereocenters. The summed E-state index contributed by atoms with van der Waals surface area (Å²) in [5.74, 6) is -0.562. The van der Waals surface area contributed by atoms with Gasteiger partial charge in [-0.1, -0.05) is 42.5 Å². The number of ether oxygens (including phenoxy) is 1. The monoisotopic (exact) mass is 390 g/mol. The molecular formula is C23H22N2O4. The van der Waals surface area contributed by atoms with E-state index in [1.54, 1.807) is 17.0 Å². The van der Waals surface area contributed by atoms with Crippen molar-refractivity contribution in [3.05, 3.63) is 83.4 Å². The predicted molar refractivity (Wildman–Crippen MR) is 110 cm³/mol. The summed E-state index contributed by atoms with van der Waals surface area (Å²) < 4.78 is 5.18. The highest BCUT2D eigenvalue weighted by molar-refractivity contribution is 6.01. The fourth-order valence-corrected chi connectivity index (χ4v) is 3.61. The molecule has 3 N–H and O–H groups in total. The first kappa shape index (κ1) is 18.7. The molecule has 6 heteroatoms. The number of methoxy groups -OCH3 is 1. The number of para-hydroxylation sites is 1. The van der Waals surface area contributed by atoms with Gasteiger partial charge in [-0.2, -0.15) is 0 Å². The molecule has 0 unspecified atom stereocenters. The van der Waals surface area contributed by atoms with E-state index < -0.39 is 6.17 Å². The van der Waals surface area contributed by atoms with Gasteiger partial charge in [0.15, 0.2) is 11.5 Å². The van der Waals surface area contributed by atoms with Crippen molar-refractivity contribution < 1.29 is 19.7 Å². The molecule has 4 rings (SSSR count). The molecule has 1 aliphatic heterocycles. The van der Waals surface area contributed by atoms with Crippen LogP contribution in [0.3, 0.4) is 0 Å². The summed E-state index contributed by atoms with van der Waals surface area (Å²) in [5.41, 5.74) is 3.08. The van der Waals surface area contributed by atoms with Gasteiger partial charge in [-0.05, 0) is 36.2 Å². The van der Waals surface area contributed by atoms with Gasteiger partial charge in [-0.3, -0.25) is 4.79 Å². The van der Waals surface area contributed by atoms with Crippen LogP contribution in [-0.4, -0.2) is 34.7 Å². The smallest absolute Gasteiger partial charge is 0.257 e. The number of aromatic hydroxyl groups is 2. The molecule has 0 radical (unpaired) electrons. The average Bonchev–Trinajstić information content (AvgIpc) is 2.75. The third-order valence-electron chi connectivity index (χ3n) is 5.12. The van der Waals surface area contributed by atoms with Gasteiger partial charge in [-0.25, -0.2) is 0 Å². The largest absolute Gasteiger partial charge is 0.504 e. The number of fused-ring (bicyclic) bond motifs is 1. The Kier molecular flexibility index (Phi) is 4.99. The number of anilines is 1. The zero-order valence-corrected chi connectivity index (χ0v) is 16.0. The number of nitrogens with zero attached hydrogens (tertiary/aromatic N) is 1. The van der Waals surface area contributed by atoms with Gasteiger partial charge in [-0.15, -0.1) is 0 Å². The second-order valence-corrected chi connectivity index (χ2v) is 6.92. The second-order valence-electron chi connectivity index (χ2n) is 6.92. The molecule has 0 bridgehead atoms. The van der Waals surface area contributed by atoms with E-state index in [0.29, 0.717) is 24.1 Å².